The monoisotopic (exact) mass is 159 g/mol. The van der Waals surface area contributed by atoms with Gasteiger partial charge in [-0.25, -0.2) is 4.68 Å². The third kappa shape index (κ3) is 0.906. The molecular formula is C9H9N3. The molecule has 60 valence electrons. The van der Waals surface area contributed by atoms with Crippen LogP contribution in [0.15, 0.2) is 30.5 Å². The van der Waals surface area contributed by atoms with E-state index in [0.717, 1.165) is 10.9 Å². The van der Waals surface area contributed by atoms with Gasteiger partial charge in [-0.05, 0) is 13.0 Å². The van der Waals surface area contributed by atoms with Crippen molar-refractivity contribution in [2.45, 2.75) is 6.92 Å². The number of nitrogens with zero attached hydrogens (tertiary/aromatic N) is 2. The SMILES string of the molecule is CC(=N)n1ncc2ccccc21. The molecule has 2 rings (SSSR count). The van der Waals surface area contributed by atoms with E-state index in [1.807, 2.05) is 24.3 Å². The molecule has 0 aliphatic rings. The topological polar surface area (TPSA) is 41.7 Å². The van der Waals surface area contributed by atoms with Crippen LogP contribution in [0.1, 0.15) is 6.92 Å². The minimum atomic E-state index is 0.441. The van der Waals surface area contributed by atoms with Crippen LogP contribution in [-0.2, 0) is 0 Å². The molecule has 12 heavy (non-hydrogen) atoms. The van der Waals surface area contributed by atoms with Crippen molar-refractivity contribution in [3.63, 3.8) is 0 Å². The van der Waals surface area contributed by atoms with E-state index in [1.165, 1.54) is 0 Å². The van der Waals surface area contributed by atoms with E-state index in [1.54, 1.807) is 17.8 Å². The molecule has 1 aromatic carbocycles. The number of fused-ring (bicyclic) bond motifs is 1. The van der Waals surface area contributed by atoms with Crippen LogP contribution < -0.4 is 0 Å². The summed E-state index contributed by atoms with van der Waals surface area (Å²) in [5, 5.41) is 12.6. The van der Waals surface area contributed by atoms with Crippen molar-refractivity contribution in [2.75, 3.05) is 0 Å². The zero-order valence-electron chi connectivity index (χ0n) is 6.78. The Morgan fingerprint density at radius 3 is 2.92 bits per heavy atom. The second-order valence-corrected chi connectivity index (χ2v) is 2.70. The quantitative estimate of drug-likeness (QED) is 0.462. The lowest BCUT2D eigenvalue weighted by Gasteiger charge is -1.97. The van der Waals surface area contributed by atoms with Crippen molar-refractivity contribution in [3.05, 3.63) is 30.5 Å². The van der Waals surface area contributed by atoms with Gasteiger partial charge in [-0.15, -0.1) is 0 Å². The molecule has 0 fully saturated rings. The second kappa shape index (κ2) is 2.44. The van der Waals surface area contributed by atoms with Crippen molar-refractivity contribution in [1.29, 1.82) is 5.41 Å². The van der Waals surface area contributed by atoms with E-state index in [9.17, 15) is 0 Å². The fourth-order valence-electron chi connectivity index (χ4n) is 1.24. The van der Waals surface area contributed by atoms with Crippen LogP contribution in [0.3, 0.4) is 0 Å². The fourth-order valence-corrected chi connectivity index (χ4v) is 1.24. The van der Waals surface area contributed by atoms with Crippen molar-refractivity contribution >= 4 is 16.7 Å². The molecule has 2 aromatic rings. The molecule has 3 nitrogen and oxygen atoms in total. The summed E-state index contributed by atoms with van der Waals surface area (Å²) in [7, 11) is 0. The highest BCUT2D eigenvalue weighted by molar-refractivity contribution is 5.90. The van der Waals surface area contributed by atoms with Crippen LogP contribution in [0, 0.1) is 5.41 Å². The standard InChI is InChI=1S/C9H9N3/c1-7(10)12-9-5-3-2-4-8(9)6-11-12/h2-6,10H,1H3. The summed E-state index contributed by atoms with van der Waals surface area (Å²) in [4.78, 5) is 0. The molecule has 0 amide bonds. The van der Waals surface area contributed by atoms with Crippen LogP contribution >= 0.6 is 0 Å². The lowest BCUT2D eigenvalue weighted by molar-refractivity contribution is 0.948. The van der Waals surface area contributed by atoms with Crippen LogP contribution in [0.25, 0.3) is 10.9 Å². The van der Waals surface area contributed by atoms with Gasteiger partial charge in [0.25, 0.3) is 0 Å². The molecule has 0 saturated heterocycles. The van der Waals surface area contributed by atoms with Gasteiger partial charge >= 0.3 is 0 Å². The first-order valence-corrected chi connectivity index (χ1v) is 3.77. The van der Waals surface area contributed by atoms with Gasteiger partial charge in [-0.2, -0.15) is 5.10 Å². The van der Waals surface area contributed by atoms with E-state index in [-0.39, 0.29) is 0 Å². The number of benzene rings is 1. The molecule has 0 aliphatic carbocycles. The van der Waals surface area contributed by atoms with Gasteiger partial charge in [-0.3, -0.25) is 5.41 Å². The van der Waals surface area contributed by atoms with E-state index < -0.39 is 0 Å². The maximum Gasteiger partial charge on any atom is 0.119 e. The molecule has 1 N–H and O–H groups in total. The van der Waals surface area contributed by atoms with Gasteiger partial charge in [0, 0.05) is 5.39 Å². The number of nitrogens with one attached hydrogen (secondary N) is 1. The molecule has 1 heterocycles. The maximum atomic E-state index is 7.43. The molecule has 3 heteroatoms. The molecule has 0 unspecified atom stereocenters. The Labute approximate surface area is 70.1 Å². The lowest BCUT2D eigenvalue weighted by atomic mass is 10.3. The highest BCUT2D eigenvalue weighted by Crippen LogP contribution is 2.11. The van der Waals surface area contributed by atoms with Crippen LogP contribution in [0.2, 0.25) is 0 Å². The second-order valence-electron chi connectivity index (χ2n) is 2.70. The Kier molecular flexibility index (Phi) is 1.43. The number of aromatic nitrogens is 2. The Bertz CT molecular complexity index is 428. The number of para-hydroxylation sites is 1. The van der Waals surface area contributed by atoms with Gasteiger partial charge in [0.2, 0.25) is 0 Å². The number of hydrogen-bond acceptors (Lipinski definition) is 2. The first kappa shape index (κ1) is 7.03. The third-order valence-electron chi connectivity index (χ3n) is 1.79. The molecular weight excluding hydrogens is 150 g/mol. The summed E-state index contributed by atoms with van der Waals surface area (Å²) >= 11 is 0. The predicted octanol–water partition coefficient (Wildman–Crippen LogP) is 1.88. The van der Waals surface area contributed by atoms with Gasteiger partial charge in [0.15, 0.2) is 0 Å². The lowest BCUT2D eigenvalue weighted by Crippen LogP contribution is -2.06. The Morgan fingerprint density at radius 2 is 2.17 bits per heavy atom. The fraction of sp³-hybridized carbons (Fsp3) is 0.111. The van der Waals surface area contributed by atoms with Gasteiger partial charge in [-0.1, -0.05) is 18.2 Å². The smallest absolute Gasteiger partial charge is 0.119 e. The molecule has 0 radical (unpaired) electrons. The largest absolute Gasteiger partial charge is 0.287 e. The Morgan fingerprint density at radius 1 is 1.42 bits per heavy atom. The Hall–Kier alpha value is -1.64. The van der Waals surface area contributed by atoms with Crippen molar-refractivity contribution in [2.24, 2.45) is 0 Å². The van der Waals surface area contributed by atoms with Gasteiger partial charge in [0.1, 0.15) is 5.84 Å². The first-order valence-electron chi connectivity index (χ1n) is 3.77. The summed E-state index contributed by atoms with van der Waals surface area (Å²) in [5.74, 6) is 0.441. The molecule has 1 aromatic heterocycles. The Balaban J connectivity index is 2.79. The number of rotatable bonds is 0. The van der Waals surface area contributed by atoms with Gasteiger partial charge < -0.3 is 0 Å². The summed E-state index contributed by atoms with van der Waals surface area (Å²) in [6.45, 7) is 1.72. The third-order valence-corrected chi connectivity index (χ3v) is 1.79. The zero-order valence-corrected chi connectivity index (χ0v) is 6.78. The highest BCUT2D eigenvalue weighted by Gasteiger charge is 2.00. The van der Waals surface area contributed by atoms with E-state index in [0.29, 0.717) is 5.84 Å². The molecule has 0 saturated carbocycles. The number of hydrogen-bond donors (Lipinski definition) is 1. The predicted molar refractivity (Wildman–Crippen MR) is 48.5 cm³/mol. The normalized spacial score (nSPS) is 10.4. The molecule has 0 spiro atoms. The van der Waals surface area contributed by atoms with Crippen LogP contribution in [0.4, 0.5) is 0 Å². The molecule has 0 atom stereocenters. The van der Waals surface area contributed by atoms with E-state index >= 15 is 0 Å². The minimum Gasteiger partial charge on any atom is -0.287 e. The van der Waals surface area contributed by atoms with E-state index in [2.05, 4.69) is 5.10 Å². The van der Waals surface area contributed by atoms with E-state index in [4.69, 9.17) is 5.41 Å². The van der Waals surface area contributed by atoms with Crippen LogP contribution in [-0.4, -0.2) is 15.6 Å². The van der Waals surface area contributed by atoms with Gasteiger partial charge in [0.05, 0.1) is 11.7 Å². The average Bonchev–Trinajstić information content (AvgIpc) is 2.47. The summed E-state index contributed by atoms with van der Waals surface area (Å²) in [6.07, 6.45) is 1.77. The zero-order chi connectivity index (χ0) is 8.55. The summed E-state index contributed by atoms with van der Waals surface area (Å²) < 4.78 is 1.62. The summed E-state index contributed by atoms with van der Waals surface area (Å²) in [5.41, 5.74) is 0.991. The van der Waals surface area contributed by atoms with Crippen molar-refractivity contribution < 1.29 is 0 Å². The maximum absolute atomic E-state index is 7.43. The highest BCUT2D eigenvalue weighted by atomic mass is 15.3. The summed E-state index contributed by atoms with van der Waals surface area (Å²) in [6, 6.07) is 7.86. The molecule has 0 aliphatic heterocycles. The first-order chi connectivity index (χ1) is 5.79. The van der Waals surface area contributed by atoms with Crippen molar-refractivity contribution in [3.8, 4) is 0 Å². The van der Waals surface area contributed by atoms with Crippen LogP contribution in [0.5, 0.6) is 0 Å². The van der Waals surface area contributed by atoms with Crippen molar-refractivity contribution in [1.82, 2.24) is 9.78 Å². The minimum absolute atomic E-state index is 0.441. The molecule has 0 bridgehead atoms. The average molecular weight is 159 g/mol.